The van der Waals surface area contributed by atoms with Crippen molar-refractivity contribution in [1.29, 1.82) is 0 Å². The quantitative estimate of drug-likeness (QED) is 0.163. The maximum absolute atomic E-state index is 9.73. The summed E-state index contributed by atoms with van der Waals surface area (Å²) in [5.41, 5.74) is 0. The summed E-state index contributed by atoms with van der Waals surface area (Å²) in [5, 5.41) is 51.2. The average Bonchev–Trinajstić information content (AvgIpc) is 3.50. The molecule has 4 rings (SSSR count). The Kier molecular flexibility index (Phi) is 9.64. The molecule has 2 aliphatic carbocycles. The number of hydrogen-bond donors (Lipinski definition) is 8. The lowest BCUT2D eigenvalue weighted by molar-refractivity contribution is 0.207. The molecule has 6 atom stereocenters. The number of aliphatic hydroxyl groups excluding tert-OH is 4. The van der Waals surface area contributed by atoms with E-state index in [0.717, 1.165) is 19.3 Å². The molecule has 2 aliphatic rings. The van der Waals surface area contributed by atoms with Gasteiger partial charge in [0.2, 0.25) is 23.8 Å². The SMILES string of the molecule is CC(O)CNc1nc(NCC(C)O)nc(C2CC3CC(c4nc(NCC(C)O)nc(NCC(C)O)n4)C2C3)n1. The van der Waals surface area contributed by atoms with Crippen molar-refractivity contribution in [2.45, 2.75) is 83.2 Å². The Bertz CT molecular complexity index is 945. The second-order valence-corrected chi connectivity index (χ2v) is 11.1. The molecule has 14 heteroatoms. The van der Waals surface area contributed by atoms with Crippen LogP contribution in [0.3, 0.4) is 0 Å². The minimum Gasteiger partial charge on any atom is -0.392 e. The molecule has 8 N–H and O–H groups in total. The van der Waals surface area contributed by atoms with Crippen LogP contribution < -0.4 is 21.3 Å². The fourth-order valence-corrected chi connectivity index (χ4v) is 5.33. The Labute approximate surface area is 228 Å². The highest BCUT2D eigenvalue weighted by Gasteiger charge is 2.49. The first kappa shape index (κ1) is 29.1. The predicted molar refractivity (Wildman–Crippen MR) is 147 cm³/mol. The molecule has 0 aliphatic heterocycles. The van der Waals surface area contributed by atoms with E-state index in [2.05, 4.69) is 31.2 Å². The molecule has 2 bridgehead atoms. The van der Waals surface area contributed by atoms with Crippen molar-refractivity contribution in [3.63, 3.8) is 0 Å². The Hall–Kier alpha value is -2.94. The third-order valence-electron chi connectivity index (χ3n) is 7.00. The minimum absolute atomic E-state index is 0.0652. The molecule has 2 saturated carbocycles. The first-order chi connectivity index (χ1) is 18.6. The van der Waals surface area contributed by atoms with Gasteiger partial charge in [0.25, 0.3) is 0 Å². The zero-order valence-corrected chi connectivity index (χ0v) is 23.0. The van der Waals surface area contributed by atoms with E-state index in [1.165, 1.54) is 0 Å². The highest BCUT2D eigenvalue weighted by molar-refractivity contribution is 5.38. The molecule has 0 spiro atoms. The van der Waals surface area contributed by atoms with Crippen LogP contribution in [0.2, 0.25) is 0 Å². The van der Waals surface area contributed by atoms with Gasteiger partial charge in [-0.25, -0.2) is 0 Å². The molecule has 216 valence electrons. The molecule has 39 heavy (non-hydrogen) atoms. The molecular weight excluding hydrogens is 504 g/mol. The van der Waals surface area contributed by atoms with Gasteiger partial charge in [-0.15, -0.1) is 0 Å². The predicted octanol–water partition coefficient (Wildman–Crippen LogP) is 0.525. The molecule has 2 heterocycles. The molecule has 0 saturated heterocycles. The third-order valence-corrected chi connectivity index (χ3v) is 7.00. The summed E-state index contributed by atoms with van der Waals surface area (Å²) in [5.74, 6) is 3.66. The largest absolute Gasteiger partial charge is 0.392 e. The zero-order chi connectivity index (χ0) is 28.1. The number of nitrogens with zero attached hydrogens (tertiary/aromatic N) is 6. The number of aromatic nitrogens is 6. The normalized spacial score (nSPS) is 25.1. The summed E-state index contributed by atoms with van der Waals surface area (Å²) in [7, 11) is 0. The van der Waals surface area contributed by atoms with E-state index >= 15 is 0 Å². The summed E-state index contributed by atoms with van der Waals surface area (Å²) < 4.78 is 0. The number of aliphatic hydroxyl groups is 4. The van der Waals surface area contributed by atoms with Crippen molar-refractivity contribution in [2.24, 2.45) is 11.8 Å². The molecular formula is C25H42N10O4. The summed E-state index contributed by atoms with van der Waals surface area (Å²) in [6.07, 6.45) is 0.633. The Morgan fingerprint density at radius 1 is 0.538 bits per heavy atom. The van der Waals surface area contributed by atoms with Crippen LogP contribution in [0.25, 0.3) is 0 Å². The van der Waals surface area contributed by atoms with Crippen molar-refractivity contribution < 1.29 is 20.4 Å². The summed E-state index contributed by atoms with van der Waals surface area (Å²) in [6, 6.07) is 0. The highest BCUT2D eigenvalue weighted by Crippen LogP contribution is 2.58. The van der Waals surface area contributed by atoms with E-state index in [0.29, 0.717) is 67.5 Å². The van der Waals surface area contributed by atoms with Crippen molar-refractivity contribution in [3.8, 4) is 0 Å². The number of rotatable bonds is 14. The Balaban J connectivity index is 1.60. The van der Waals surface area contributed by atoms with Crippen LogP contribution in [0.15, 0.2) is 0 Å². The van der Waals surface area contributed by atoms with E-state index in [9.17, 15) is 20.4 Å². The van der Waals surface area contributed by atoms with Gasteiger partial charge in [0.05, 0.1) is 24.4 Å². The molecule has 6 unspecified atom stereocenters. The minimum atomic E-state index is -0.567. The second kappa shape index (κ2) is 12.9. The van der Waals surface area contributed by atoms with Crippen LogP contribution in [-0.2, 0) is 0 Å². The fourth-order valence-electron chi connectivity index (χ4n) is 5.33. The Morgan fingerprint density at radius 3 is 1.10 bits per heavy atom. The molecule has 0 amide bonds. The van der Waals surface area contributed by atoms with Crippen LogP contribution in [0.5, 0.6) is 0 Å². The van der Waals surface area contributed by atoms with Gasteiger partial charge >= 0.3 is 0 Å². The molecule has 2 aromatic rings. The number of hydrogen-bond acceptors (Lipinski definition) is 14. The van der Waals surface area contributed by atoms with Gasteiger partial charge in [-0.3, -0.25) is 0 Å². The van der Waals surface area contributed by atoms with Crippen molar-refractivity contribution in [1.82, 2.24) is 29.9 Å². The molecule has 14 nitrogen and oxygen atoms in total. The fraction of sp³-hybridized carbons (Fsp3) is 0.760. The lowest BCUT2D eigenvalue weighted by atomic mass is 9.79. The van der Waals surface area contributed by atoms with Gasteiger partial charge in [-0.1, -0.05) is 0 Å². The molecule has 0 aromatic carbocycles. The standard InChI is InChI=1S/C25H42N10O4/c1-12(36)8-26-22-30-20(31-23(34-22)27-9-13(2)37)18-6-16-5-17(18)19(7-16)21-32-24(28-10-14(3)38)35-25(33-21)29-11-15(4)39/h12-19,36-39H,5-11H2,1-4H3,(H2,26,27,30,31,34)(H2,28,29,32,33,35). The molecule has 0 radical (unpaired) electrons. The molecule has 2 aromatic heterocycles. The van der Waals surface area contributed by atoms with Crippen LogP contribution in [0, 0.1) is 11.8 Å². The summed E-state index contributed by atoms with van der Waals surface area (Å²) in [4.78, 5) is 27.7. The first-order valence-electron chi connectivity index (χ1n) is 13.8. The van der Waals surface area contributed by atoms with Gasteiger partial charge < -0.3 is 41.7 Å². The van der Waals surface area contributed by atoms with Gasteiger partial charge in [0.1, 0.15) is 11.6 Å². The van der Waals surface area contributed by atoms with Crippen LogP contribution in [0.1, 0.15) is 70.4 Å². The lowest BCUT2D eigenvalue weighted by Gasteiger charge is -2.28. The van der Waals surface area contributed by atoms with Crippen molar-refractivity contribution in [3.05, 3.63) is 11.6 Å². The van der Waals surface area contributed by atoms with Crippen LogP contribution in [-0.4, -0.2) is 101 Å². The Morgan fingerprint density at radius 2 is 0.846 bits per heavy atom. The first-order valence-corrected chi connectivity index (χ1v) is 13.8. The molecule has 2 fully saturated rings. The lowest BCUT2D eigenvalue weighted by Crippen LogP contribution is -2.25. The van der Waals surface area contributed by atoms with Gasteiger partial charge in [-0.05, 0) is 58.8 Å². The number of nitrogens with one attached hydrogen (secondary N) is 4. The number of fused-ring (bicyclic) bond motifs is 2. The second-order valence-electron chi connectivity index (χ2n) is 11.1. The monoisotopic (exact) mass is 546 g/mol. The number of anilines is 4. The van der Waals surface area contributed by atoms with Crippen LogP contribution in [0.4, 0.5) is 23.8 Å². The third kappa shape index (κ3) is 8.03. The van der Waals surface area contributed by atoms with E-state index in [-0.39, 0.29) is 17.8 Å². The van der Waals surface area contributed by atoms with E-state index in [1.807, 2.05) is 0 Å². The van der Waals surface area contributed by atoms with E-state index in [4.69, 9.17) is 19.9 Å². The van der Waals surface area contributed by atoms with E-state index in [1.54, 1.807) is 27.7 Å². The van der Waals surface area contributed by atoms with E-state index < -0.39 is 24.4 Å². The highest BCUT2D eigenvalue weighted by atomic mass is 16.3. The smallest absolute Gasteiger partial charge is 0.227 e. The summed E-state index contributed by atoms with van der Waals surface area (Å²) >= 11 is 0. The van der Waals surface area contributed by atoms with Crippen molar-refractivity contribution >= 4 is 23.8 Å². The summed E-state index contributed by atoms with van der Waals surface area (Å²) in [6.45, 7) is 7.94. The van der Waals surface area contributed by atoms with Crippen molar-refractivity contribution in [2.75, 3.05) is 47.4 Å². The topological polar surface area (TPSA) is 206 Å². The average molecular weight is 547 g/mol. The van der Waals surface area contributed by atoms with Gasteiger partial charge in [0, 0.05) is 38.0 Å². The van der Waals surface area contributed by atoms with Gasteiger partial charge in [0.15, 0.2) is 0 Å². The maximum Gasteiger partial charge on any atom is 0.227 e. The van der Waals surface area contributed by atoms with Gasteiger partial charge in [-0.2, -0.15) is 29.9 Å². The van der Waals surface area contributed by atoms with Crippen LogP contribution >= 0.6 is 0 Å². The zero-order valence-electron chi connectivity index (χ0n) is 23.0. The maximum atomic E-state index is 9.73.